The summed E-state index contributed by atoms with van der Waals surface area (Å²) < 4.78 is 26.3. The number of sulfonamides is 1. The van der Waals surface area contributed by atoms with Crippen molar-refractivity contribution in [3.63, 3.8) is 0 Å². The summed E-state index contributed by atoms with van der Waals surface area (Å²) in [6.07, 6.45) is 0.0400. The van der Waals surface area contributed by atoms with Gasteiger partial charge in [-0.3, -0.25) is 4.79 Å². The molecule has 0 bridgehead atoms. The second-order valence-corrected chi connectivity index (χ2v) is 6.41. The van der Waals surface area contributed by atoms with E-state index in [1.54, 1.807) is 0 Å². The fraction of sp³-hybridized carbons (Fsp3) is 0.273. The highest BCUT2D eigenvalue weighted by Crippen LogP contribution is 2.22. The summed E-state index contributed by atoms with van der Waals surface area (Å²) >= 11 is 10.7. The first-order chi connectivity index (χ1) is 9.27. The molecule has 0 heterocycles. The molecule has 0 unspecified atom stereocenters. The van der Waals surface area contributed by atoms with Crippen LogP contribution in [0.4, 0.5) is 0 Å². The molecule has 0 fully saturated rings. The van der Waals surface area contributed by atoms with Crippen LogP contribution < -0.4 is 15.8 Å². The Hall–Kier alpha value is -1.22. The molecule has 20 heavy (non-hydrogen) atoms. The van der Waals surface area contributed by atoms with Crippen molar-refractivity contribution < 1.29 is 13.2 Å². The van der Waals surface area contributed by atoms with Crippen LogP contribution in [-0.2, 0) is 14.8 Å². The van der Waals surface area contributed by atoms with Gasteiger partial charge in [0, 0.05) is 25.6 Å². The Balaban J connectivity index is 2.87. The molecule has 1 aromatic carbocycles. The zero-order chi connectivity index (χ0) is 15.3. The molecule has 0 aliphatic rings. The van der Waals surface area contributed by atoms with Gasteiger partial charge in [0.2, 0.25) is 15.9 Å². The zero-order valence-corrected chi connectivity index (χ0v) is 13.0. The van der Waals surface area contributed by atoms with E-state index in [2.05, 4.69) is 10.0 Å². The summed E-state index contributed by atoms with van der Waals surface area (Å²) in [5, 5.41) is 2.41. The molecule has 6 nitrogen and oxygen atoms in total. The largest absolute Gasteiger partial charge is 0.389 e. The van der Waals surface area contributed by atoms with E-state index in [9.17, 15) is 13.2 Å². The molecule has 110 valence electrons. The fourth-order valence-electron chi connectivity index (χ4n) is 1.37. The first-order valence-electron chi connectivity index (χ1n) is 5.57. The molecule has 9 heteroatoms. The Labute approximate surface area is 127 Å². The maximum atomic E-state index is 12.0. The van der Waals surface area contributed by atoms with Crippen LogP contribution in [0.15, 0.2) is 23.1 Å². The summed E-state index contributed by atoms with van der Waals surface area (Å²) in [5.41, 5.74) is 5.91. The lowest BCUT2D eigenvalue weighted by Gasteiger charge is -2.09. The highest BCUT2D eigenvalue weighted by Gasteiger charge is 2.18. The molecule has 0 atom stereocenters. The maximum Gasteiger partial charge on any atom is 0.242 e. The van der Waals surface area contributed by atoms with Gasteiger partial charge in [-0.05, 0) is 12.1 Å². The molecule has 0 radical (unpaired) electrons. The lowest BCUT2D eigenvalue weighted by atomic mass is 10.2. The number of halogens is 1. The van der Waals surface area contributed by atoms with Crippen LogP contribution in [0, 0.1) is 0 Å². The van der Waals surface area contributed by atoms with Gasteiger partial charge in [0.05, 0.1) is 5.02 Å². The summed E-state index contributed by atoms with van der Waals surface area (Å²) in [6, 6.07) is 4.18. The van der Waals surface area contributed by atoms with Gasteiger partial charge in [0.15, 0.2) is 0 Å². The Morgan fingerprint density at radius 1 is 1.45 bits per heavy atom. The summed E-state index contributed by atoms with van der Waals surface area (Å²) in [5.74, 6) is -0.261. The molecule has 0 spiro atoms. The van der Waals surface area contributed by atoms with E-state index in [0.29, 0.717) is 5.56 Å². The maximum absolute atomic E-state index is 12.0. The van der Waals surface area contributed by atoms with Crippen molar-refractivity contribution in [2.75, 3.05) is 13.6 Å². The summed E-state index contributed by atoms with van der Waals surface area (Å²) in [4.78, 5) is 11.1. The predicted molar refractivity (Wildman–Crippen MR) is 81.2 cm³/mol. The van der Waals surface area contributed by atoms with Crippen molar-refractivity contribution in [3.05, 3.63) is 28.8 Å². The van der Waals surface area contributed by atoms with Crippen molar-refractivity contribution in [3.8, 4) is 0 Å². The Morgan fingerprint density at radius 3 is 2.60 bits per heavy atom. The van der Waals surface area contributed by atoms with Crippen LogP contribution in [0.5, 0.6) is 0 Å². The van der Waals surface area contributed by atoms with Gasteiger partial charge in [-0.1, -0.05) is 29.9 Å². The van der Waals surface area contributed by atoms with Gasteiger partial charge in [0.25, 0.3) is 0 Å². The average Bonchev–Trinajstić information content (AvgIpc) is 2.37. The minimum Gasteiger partial charge on any atom is -0.389 e. The number of benzene rings is 1. The first kappa shape index (κ1) is 16.8. The van der Waals surface area contributed by atoms with Crippen molar-refractivity contribution in [2.24, 2.45) is 5.73 Å². The van der Waals surface area contributed by atoms with Gasteiger partial charge in [0.1, 0.15) is 9.88 Å². The number of amides is 1. The molecule has 0 saturated heterocycles. The molecule has 1 amide bonds. The normalized spacial score (nSPS) is 11.1. The third kappa shape index (κ3) is 4.41. The topological polar surface area (TPSA) is 101 Å². The number of hydrogen-bond acceptors (Lipinski definition) is 4. The van der Waals surface area contributed by atoms with E-state index in [4.69, 9.17) is 29.6 Å². The van der Waals surface area contributed by atoms with Gasteiger partial charge in [-0.2, -0.15) is 0 Å². The molecule has 0 saturated carbocycles. The summed E-state index contributed by atoms with van der Waals surface area (Å²) in [6.45, 7) is -0.0185. The molecule has 4 N–H and O–H groups in total. The van der Waals surface area contributed by atoms with Crippen molar-refractivity contribution in [1.29, 1.82) is 0 Å². The third-order valence-corrected chi connectivity index (χ3v) is 4.61. The number of rotatable bonds is 6. The van der Waals surface area contributed by atoms with E-state index < -0.39 is 10.0 Å². The minimum atomic E-state index is -3.78. The molecular formula is C11H14ClN3O3S2. The predicted octanol–water partition coefficient (Wildman–Crippen LogP) is 0.389. The number of hydrogen-bond donors (Lipinski definition) is 3. The van der Waals surface area contributed by atoms with Crippen LogP contribution >= 0.6 is 23.8 Å². The van der Waals surface area contributed by atoms with Crippen molar-refractivity contribution in [1.82, 2.24) is 10.0 Å². The van der Waals surface area contributed by atoms with Crippen molar-refractivity contribution in [2.45, 2.75) is 11.3 Å². The van der Waals surface area contributed by atoms with E-state index in [1.807, 2.05) is 0 Å². The van der Waals surface area contributed by atoms with Crippen LogP contribution in [0.3, 0.4) is 0 Å². The Bertz CT molecular complexity index is 632. The second-order valence-electron chi connectivity index (χ2n) is 3.83. The standard InChI is InChI=1S/C11H14ClN3O3S2/c1-14-10(16)4-5-15-20(17,18)9-3-2-7(11(13)19)6-8(9)12/h2-3,6,15H,4-5H2,1H3,(H2,13,19)(H,14,16). The average molecular weight is 336 g/mol. The monoisotopic (exact) mass is 335 g/mol. The van der Waals surface area contributed by atoms with Gasteiger partial charge in [-0.15, -0.1) is 0 Å². The van der Waals surface area contributed by atoms with E-state index in [-0.39, 0.29) is 33.8 Å². The fourth-order valence-corrected chi connectivity index (χ4v) is 3.08. The summed E-state index contributed by atoms with van der Waals surface area (Å²) in [7, 11) is -2.31. The number of nitrogens with two attached hydrogens (primary N) is 1. The molecule has 1 rings (SSSR count). The van der Waals surface area contributed by atoms with E-state index >= 15 is 0 Å². The number of carbonyl (C=O) groups is 1. The highest BCUT2D eigenvalue weighted by atomic mass is 35.5. The smallest absolute Gasteiger partial charge is 0.242 e. The van der Waals surface area contributed by atoms with Crippen LogP contribution in [0.2, 0.25) is 5.02 Å². The second kappa shape index (κ2) is 6.98. The quantitative estimate of drug-likeness (QED) is 0.653. The van der Waals surface area contributed by atoms with E-state index in [1.165, 1.54) is 25.2 Å². The molecule has 1 aromatic rings. The number of carbonyl (C=O) groups excluding carboxylic acids is 1. The SMILES string of the molecule is CNC(=O)CCNS(=O)(=O)c1ccc(C(N)=S)cc1Cl. The van der Waals surface area contributed by atoms with Gasteiger partial charge < -0.3 is 11.1 Å². The lowest BCUT2D eigenvalue weighted by molar-refractivity contribution is -0.120. The van der Waals surface area contributed by atoms with Crippen LogP contribution in [-0.4, -0.2) is 32.9 Å². The van der Waals surface area contributed by atoms with Crippen molar-refractivity contribution >= 4 is 44.7 Å². The zero-order valence-electron chi connectivity index (χ0n) is 10.6. The van der Waals surface area contributed by atoms with E-state index in [0.717, 1.165) is 0 Å². The molecule has 0 aromatic heterocycles. The van der Waals surface area contributed by atoms with Crippen LogP contribution in [0.25, 0.3) is 0 Å². The third-order valence-electron chi connectivity index (χ3n) is 2.43. The number of nitrogens with one attached hydrogen (secondary N) is 2. The molecule has 0 aliphatic heterocycles. The highest BCUT2D eigenvalue weighted by molar-refractivity contribution is 7.89. The van der Waals surface area contributed by atoms with Gasteiger partial charge in [-0.25, -0.2) is 13.1 Å². The molecular weight excluding hydrogens is 322 g/mol. The Kier molecular flexibility index (Phi) is 5.88. The lowest BCUT2D eigenvalue weighted by Crippen LogP contribution is -2.29. The molecule has 0 aliphatic carbocycles. The Morgan fingerprint density at radius 2 is 2.10 bits per heavy atom. The van der Waals surface area contributed by atoms with Gasteiger partial charge >= 0.3 is 0 Å². The number of thiocarbonyl (C=S) groups is 1. The minimum absolute atomic E-state index is 0.0164. The van der Waals surface area contributed by atoms with Crippen LogP contribution in [0.1, 0.15) is 12.0 Å². The first-order valence-corrected chi connectivity index (χ1v) is 7.84.